The minimum absolute atomic E-state index is 0.307. The Bertz CT molecular complexity index is 653. The van der Waals surface area contributed by atoms with E-state index in [1.807, 2.05) is 0 Å². The molecule has 0 saturated carbocycles. The van der Waals surface area contributed by atoms with Crippen LogP contribution in [0.5, 0.6) is 0 Å². The highest BCUT2D eigenvalue weighted by Gasteiger charge is 2.21. The number of hydrogen-bond donors (Lipinski definition) is 0. The van der Waals surface area contributed by atoms with E-state index in [0.29, 0.717) is 11.5 Å². The molecule has 0 aliphatic heterocycles. The first-order chi connectivity index (χ1) is 7.89. The summed E-state index contributed by atoms with van der Waals surface area (Å²) in [5.41, 5.74) is 0.509. The molecule has 0 amide bonds. The largest absolute Gasteiger partial charge is 0.299 e. The molecular weight excluding hydrogens is 332 g/mol. The number of nitrogens with zero attached hydrogens (tertiary/aromatic N) is 4. The SMILES string of the molecule is Cn1c(-c2ccc(Br)cn2)nnc1S(=O)(=O)Cl. The Hall–Kier alpha value is -0.990. The fourth-order valence-corrected chi connectivity index (χ4v) is 2.45. The maximum Gasteiger partial charge on any atom is 0.296 e. The molecule has 0 radical (unpaired) electrons. The molecule has 17 heavy (non-hydrogen) atoms. The molecule has 0 aliphatic carbocycles. The van der Waals surface area contributed by atoms with Crippen molar-refractivity contribution in [2.75, 3.05) is 0 Å². The number of aromatic nitrogens is 4. The van der Waals surface area contributed by atoms with Gasteiger partial charge in [-0.2, -0.15) is 0 Å². The van der Waals surface area contributed by atoms with Gasteiger partial charge in [0.2, 0.25) is 0 Å². The zero-order valence-corrected chi connectivity index (χ0v) is 11.7. The van der Waals surface area contributed by atoms with E-state index in [1.165, 1.54) is 11.6 Å². The minimum Gasteiger partial charge on any atom is -0.299 e. The summed E-state index contributed by atoms with van der Waals surface area (Å²) in [6, 6.07) is 3.46. The second-order valence-corrected chi connectivity index (χ2v) is 6.54. The number of rotatable bonds is 2. The standard InChI is InChI=1S/C8H6BrClN4O2S/c1-14-7(6-3-2-5(9)4-11-6)12-13-8(14)17(10,15)16/h2-4H,1H3. The number of halogens is 2. The third-order valence-corrected chi connectivity index (χ3v) is 3.68. The summed E-state index contributed by atoms with van der Waals surface area (Å²) in [6.07, 6.45) is 1.58. The van der Waals surface area contributed by atoms with Gasteiger partial charge in [-0.05, 0) is 28.1 Å². The molecule has 0 bridgehead atoms. The summed E-state index contributed by atoms with van der Waals surface area (Å²) in [6.45, 7) is 0. The summed E-state index contributed by atoms with van der Waals surface area (Å²) in [5.74, 6) is 0.330. The van der Waals surface area contributed by atoms with Crippen LogP contribution in [0.1, 0.15) is 0 Å². The fraction of sp³-hybridized carbons (Fsp3) is 0.125. The van der Waals surface area contributed by atoms with Gasteiger partial charge in [0, 0.05) is 28.4 Å². The highest BCUT2D eigenvalue weighted by atomic mass is 79.9. The Kier molecular flexibility index (Phi) is 3.19. The molecule has 2 aromatic rings. The first-order valence-electron chi connectivity index (χ1n) is 4.35. The minimum atomic E-state index is -3.90. The molecule has 0 unspecified atom stereocenters. The van der Waals surface area contributed by atoms with E-state index in [9.17, 15) is 8.42 Å². The molecule has 0 aliphatic rings. The summed E-state index contributed by atoms with van der Waals surface area (Å²) >= 11 is 3.25. The van der Waals surface area contributed by atoms with Crippen LogP contribution >= 0.6 is 26.6 Å². The molecule has 2 heterocycles. The van der Waals surface area contributed by atoms with Gasteiger partial charge in [-0.25, -0.2) is 8.42 Å². The predicted molar refractivity (Wildman–Crippen MR) is 65.0 cm³/mol. The second kappa shape index (κ2) is 4.35. The lowest BCUT2D eigenvalue weighted by molar-refractivity contribution is 0.593. The van der Waals surface area contributed by atoms with E-state index in [0.717, 1.165) is 4.47 Å². The van der Waals surface area contributed by atoms with Crippen molar-refractivity contribution in [1.82, 2.24) is 19.7 Å². The molecule has 2 rings (SSSR count). The third kappa shape index (κ3) is 2.48. The number of hydrogen-bond acceptors (Lipinski definition) is 5. The summed E-state index contributed by atoms with van der Waals surface area (Å²) < 4.78 is 24.4. The van der Waals surface area contributed by atoms with Crippen LogP contribution in [-0.4, -0.2) is 28.2 Å². The Morgan fingerprint density at radius 1 is 1.35 bits per heavy atom. The van der Waals surface area contributed by atoms with Crippen molar-refractivity contribution in [2.45, 2.75) is 5.16 Å². The molecule has 2 aromatic heterocycles. The Morgan fingerprint density at radius 3 is 2.53 bits per heavy atom. The Labute approximate surface area is 110 Å². The van der Waals surface area contributed by atoms with Gasteiger partial charge in [-0.1, -0.05) is 0 Å². The van der Waals surface area contributed by atoms with Gasteiger partial charge in [-0.3, -0.25) is 9.55 Å². The molecule has 0 aromatic carbocycles. The zero-order valence-electron chi connectivity index (χ0n) is 8.50. The molecule has 0 saturated heterocycles. The normalized spacial score (nSPS) is 11.7. The maximum absolute atomic E-state index is 11.2. The van der Waals surface area contributed by atoms with Crippen molar-refractivity contribution < 1.29 is 8.42 Å². The van der Waals surface area contributed by atoms with E-state index in [1.54, 1.807) is 18.3 Å². The van der Waals surface area contributed by atoms with E-state index in [-0.39, 0.29) is 5.16 Å². The van der Waals surface area contributed by atoms with Gasteiger partial charge < -0.3 is 0 Å². The van der Waals surface area contributed by atoms with Gasteiger partial charge in [0.15, 0.2) is 5.82 Å². The topological polar surface area (TPSA) is 77.7 Å². The molecule has 0 spiro atoms. The average molecular weight is 338 g/mol. The molecular formula is C8H6BrClN4O2S. The van der Waals surface area contributed by atoms with E-state index >= 15 is 0 Å². The predicted octanol–water partition coefficient (Wildman–Crippen LogP) is 1.57. The molecule has 6 nitrogen and oxygen atoms in total. The summed E-state index contributed by atoms with van der Waals surface area (Å²) in [4.78, 5) is 4.10. The monoisotopic (exact) mass is 336 g/mol. The Morgan fingerprint density at radius 2 is 2.06 bits per heavy atom. The van der Waals surface area contributed by atoms with Crippen molar-refractivity contribution >= 4 is 35.7 Å². The van der Waals surface area contributed by atoms with E-state index in [2.05, 4.69) is 31.1 Å². The second-order valence-electron chi connectivity index (χ2n) is 3.16. The van der Waals surface area contributed by atoms with Gasteiger partial charge >= 0.3 is 0 Å². The van der Waals surface area contributed by atoms with E-state index < -0.39 is 9.05 Å². The van der Waals surface area contributed by atoms with E-state index in [4.69, 9.17) is 10.7 Å². The molecule has 9 heteroatoms. The molecule has 0 fully saturated rings. The first kappa shape index (κ1) is 12.5. The molecule has 0 N–H and O–H groups in total. The lowest BCUT2D eigenvalue weighted by Gasteiger charge is -2.01. The number of pyridine rings is 1. The van der Waals surface area contributed by atoms with Gasteiger partial charge in [0.25, 0.3) is 14.2 Å². The van der Waals surface area contributed by atoms with Crippen LogP contribution in [0.25, 0.3) is 11.5 Å². The molecule has 0 atom stereocenters. The van der Waals surface area contributed by atoms with Crippen LogP contribution in [0, 0.1) is 0 Å². The van der Waals surface area contributed by atoms with Crippen molar-refractivity contribution in [2.24, 2.45) is 7.05 Å². The maximum atomic E-state index is 11.2. The van der Waals surface area contributed by atoms with Crippen LogP contribution in [0.3, 0.4) is 0 Å². The van der Waals surface area contributed by atoms with Crippen molar-refractivity contribution in [3.05, 3.63) is 22.8 Å². The highest BCUT2D eigenvalue weighted by Crippen LogP contribution is 2.20. The lowest BCUT2D eigenvalue weighted by atomic mass is 10.3. The fourth-order valence-electron chi connectivity index (χ4n) is 1.26. The van der Waals surface area contributed by atoms with Crippen molar-refractivity contribution in [3.8, 4) is 11.5 Å². The van der Waals surface area contributed by atoms with Gasteiger partial charge in [-0.15, -0.1) is 10.2 Å². The smallest absolute Gasteiger partial charge is 0.296 e. The van der Waals surface area contributed by atoms with Crippen LogP contribution in [0.2, 0.25) is 0 Å². The quantitative estimate of drug-likeness (QED) is 0.777. The van der Waals surface area contributed by atoms with Crippen LogP contribution in [0.4, 0.5) is 0 Å². The zero-order chi connectivity index (χ0) is 12.6. The van der Waals surface area contributed by atoms with Gasteiger partial charge in [0.05, 0.1) is 0 Å². The van der Waals surface area contributed by atoms with Crippen molar-refractivity contribution in [3.63, 3.8) is 0 Å². The molecule has 90 valence electrons. The highest BCUT2D eigenvalue weighted by molar-refractivity contribution is 9.10. The van der Waals surface area contributed by atoms with Crippen molar-refractivity contribution in [1.29, 1.82) is 0 Å². The average Bonchev–Trinajstić information content (AvgIpc) is 2.61. The summed E-state index contributed by atoms with van der Waals surface area (Å²) in [5, 5.41) is 6.97. The van der Waals surface area contributed by atoms with Crippen LogP contribution in [0.15, 0.2) is 28.0 Å². The first-order valence-corrected chi connectivity index (χ1v) is 7.46. The van der Waals surface area contributed by atoms with Crippen LogP contribution < -0.4 is 0 Å². The summed E-state index contributed by atoms with van der Waals surface area (Å²) in [7, 11) is 2.81. The Balaban J connectivity index is 2.55. The lowest BCUT2D eigenvalue weighted by Crippen LogP contribution is -2.03. The van der Waals surface area contributed by atoms with Gasteiger partial charge in [0.1, 0.15) is 5.69 Å². The van der Waals surface area contributed by atoms with Crippen LogP contribution in [-0.2, 0) is 16.1 Å². The third-order valence-electron chi connectivity index (χ3n) is 2.01.